The average molecular weight is 317 g/mol. The van der Waals surface area contributed by atoms with E-state index in [-0.39, 0.29) is 17.5 Å². The molecule has 20 heavy (non-hydrogen) atoms. The lowest BCUT2D eigenvalue weighted by molar-refractivity contribution is 0.0594. The Kier molecular flexibility index (Phi) is 6.78. The van der Waals surface area contributed by atoms with Crippen LogP contribution in [-0.2, 0) is 11.3 Å². The molecule has 0 atom stereocenters. The highest BCUT2D eigenvalue weighted by atomic mass is 35.5. The summed E-state index contributed by atoms with van der Waals surface area (Å²) >= 11 is 10.9. The largest absolute Gasteiger partial charge is 0.464 e. The number of hydrogen-bond donors (Lipinski definition) is 1. The number of aliphatic hydroxyl groups excluding tert-OH is 1. The zero-order chi connectivity index (χ0) is 15.0. The summed E-state index contributed by atoms with van der Waals surface area (Å²) in [6, 6.07) is 2.86. The molecule has 0 aliphatic rings. The lowest BCUT2D eigenvalue weighted by atomic mass is 10.4. The van der Waals surface area contributed by atoms with Crippen LogP contribution in [-0.4, -0.2) is 38.1 Å². The fourth-order valence-corrected chi connectivity index (χ4v) is 1.32. The van der Waals surface area contributed by atoms with E-state index >= 15 is 0 Å². The monoisotopic (exact) mass is 316 g/mol. The first kappa shape index (κ1) is 16.2. The van der Waals surface area contributed by atoms with Gasteiger partial charge in [-0.1, -0.05) is 23.2 Å². The Balaban J connectivity index is 0.000000204. The van der Waals surface area contributed by atoms with Crippen LogP contribution in [0.25, 0.3) is 0 Å². The molecule has 9 heteroatoms. The van der Waals surface area contributed by atoms with Crippen molar-refractivity contribution < 1.29 is 14.6 Å². The van der Waals surface area contributed by atoms with Crippen LogP contribution in [0.5, 0.6) is 0 Å². The van der Waals surface area contributed by atoms with Gasteiger partial charge in [-0.15, -0.1) is 0 Å². The first-order valence-electron chi connectivity index (χ1n) is 5.20. The third kappa shape index (κ3) is 5.43. The van der Waals surface area contributed by atoms with Crippen molar-refractivity contribution in [3.05, 3.63) is 46.5 Å². The number of aromatic nitrogens is 4. The zero-order valence-electron chi connectivity index (χ0n) is 10.3. The third-order valence-corrected chi connectivity index (χ3v) is 2.29. The zero-order valence-corrected chi connectivity index (χ0v) is 11.8. The number of esters is 1. The molecule has 0 radical (unpaired) electrons. The molecule has 106 valence electrons. The molecule has 0 aliphatic heterocycles. The number of carbonyl (C=O) groups excluding carboxylic acids is 1. The van der Waals surface area contributed by atoms with Gasteiger partial charge in [0.25, 0.3) is 0 Å². The van der Waals surface area contributed by atoms with Crippen molar-refractivity contribution in [2.75, 3.05) is 7.11 Å². The van der Waals surface area contributed by atoms with Crippen molar-refractivity contribution in [1.82, 2.24) is 19.9 Å². The fourth-order valence-electron chi connectivity index (χ4n) is 1.01. The summed E-state index contributed by atoms with van der Waals surface area (Å²) in [7, 11) is 1.28. The molecule has 1 N–H and O–H groups in total. The van der Waals surface area contributed by atoms with Crippen molar-refractivity contribution in [3.8, 4) is 0 Å². The summed E-state index contributed by atoms with van der Waals surface area (Å²) in [5.74, 6) is -0.519. The topological polar surface area (TPSA) is 98.1 Å². The standard InChI is InChI=1S/C6H5ClN2O2.C5H5ClN2O/c1-11-6(10)4-2-5(7)9-3-8-4;6-5-1-4(2-9)7-3-8-5/h2-3H,1H3;1,3,9H,2H2. The van der Waals surface area contributed by atoms with Crippen LogP contribution in [0.3, 0.4) is 0 Å². The number of nitrogens with zero attached hydrogens (tertiary/aromatic N) is 4. The van der Waals surface area contributed by atoms with Gasteiger partial charge < -0.3 is 9.84 Å². The number of halogens is 2. The number of hydrogen-bond acceptors (Lipinski definition) is 7. The fraction of sp³-hybridized carbons (Fsp3) is 0.182. The minimum absolute atomic E-state index is 0.0950. The summed E-state index contributed by atoms with van der Waals surface area (Å²) in [6.45, 7) is -0.0950. The highest BCUT2D eigenvalue weighted by Gasteiger charge is 2.06. The number of rotatable bonds is 2. The maximum absolute atomic E-state index is 10.8. The van der Waals surface area contributed by atoms with Crippen LogP contribution in [0.4, 0.5) is 0 Å². The SMILES string of the molecule is COC(=O)c1cc(Cl)ncn1.OCc1cc(Cl)ncn1. The summed E-state index contributed by atoms with van der Waals surface area (Å²) < 4.78 is 4.40. The first-order valence-corrected chi connectivity index (χ1v) is 5.95. The summed E-state index contributed by atoms with van der Waals surface area (Å²) in [4.78, 5) is 25.4. The summed E-state index contributed by atoms with van der Waals surface area (Å²) in [5.41, 5.74) is 0.697. The lowest BCUT2D eigenvalue weighted by Crippen LogP contribution is -2.03. The smallest absolute Gasteiger partial charge is 0.356 e. The quantitative estimate of drug-likeness (QED) is 0.662. The minimum atomic E-state index is -0.519. The van der Waals surface area contributed by atoms with Crippen LogP contribution in [0.15, 0.2) is 24.8 Å². The first-order chi connectivity index (χ1) is 9.56. The third-order valence-electron chi connectivity index (χ3n) is 1.88. The predicted octanol–water partition coefficient (Wildman–Crippen LogP) is 1.54. The Hall–Kier alpha value is -1.83. The van der Waals surface area contributed by atoms with Crippen molar-refractivity contribution in [3.63, 3.8) is 0 Å². The van der Waals surface area contributed by atoms with Crippen LogP contribution < -0.4 is 0 Å². The van der Waals surface area contributed by atoms with E-state index in [9.17, 15) is 4.79 Å². The van der Waals surface area contributed by atoms with Gasteiger partial charge in [0.1, 0.15) is 23.0 Å². The second-order valence-electron chi connectivity index (χ2n) is 3.21. The van der Waals surface area contributed by atoms with Crippen LogP contribution >= 0.6 is 23.2 Å². The molecular weight excluding hydrogens is 307 g/mol. The van der Waals surface area contributed by atoms with Gasteiger partial charge in [0, 0.05) is 6.07 Å². The van der Waals surface area contributed by atoms with Gasteiger partial charge >= 0.3 is 5.97 Å². The highest BCUT2D eigenvalue weighted by Crippen LogP contribution is 2.04. The van der Waals surface area contributed by atoms with Gasteiger partial charge in [-0.25, -0.2) is 24.7 Å². The number of aliphatic hydroxyl groups is 1. The Morgan fingerprint density at radius 2 is 1.75 bits per heavy atom. The Bertz CT molecular complexity index is 583. The van der Waals surface area contributed by atoms with Crippen LogP contribution in [0, 0.1) is 0 Å². The van der Waals surface area contributed by atoms with Crippen LogP contribution in [0.1, 0.15) is 16.2 Å². The van der Waals surface area contributed by atoms with Gasteiger partial charge in [-0.05, 0) is 6.07 Å². The van der Waals surface area contributed by atoms with E-state index in [1.807, 2.05) is 0 Å². The molecule has 2 aromatic rings. The summed E-state index contributed by atoms with van der Waals surface area (Å²) in [6.07, 6.45) is 2.52. The molecule has 0 aliphatic carbocycles. The Labute approximate surface area is 124 Å². The molecule has 2 heterocycles. The molecule has 0 spiro atoms. The summed E-state index contributed by atoms with van der Waals surface area (Å²) in [5, 5.41) is 9.09. The predicted molar refractivity (Wildman–Crippen MR) is 71.3 cm³/mol. The second-order valence-corrected chi connectivity index (χ2v) is 3.98. The van der Waals surface area contributed by atoms with Crippen molar-refractivity contribution in [2.45, 2.75) is 6.61 Å². The Morgan fingerprint density at radius 1 is 1.15 bits per heavy atom. The second kappa shape index (κ2) is 8.36. The van der Waals surface area contributed by atoms with Crippen LogP contribution in [0.2, 0.25) is 10.3 Å². The maximum Gasteiger partial charge on any atom is 0.356 e. The van der Waals surface area contributed by atoms with Gasteiger partial charge in [-0.3, -0.25) is 0 Å². The molecule has 0 amide bonds. The van der Waals surface area contributed by atoms with Gasteiger partial charge in [0.05, 0.1) is 19.4 Å². The number of ether oxygens (including phenoxy) is 1. The van der Waals surface area contributed by atoms with Gasteiger partial charge in [0.2, 0.25) is 0 Å². The van der Waals surface area contributed by atoms with E-state index in [1.165, 1.54) is 31.9 Å². The van der Waals surface area contributed by atoms with E-state index in [4.69, 9.17) is 28.3 Å². The molecule has 2 rings (SSSR count). The molecule has 0 aromatic carbocycles. The van der Waals surface area contributed by atoms with Crippen molar-refractivity contribution in [1.29, 1.82) is 0 Å². The van der Waals surface area contributed by atoms with E-state index in [2.05, 4.69) is 24.7 Å². The van der Waals surface area contributed by atoms with Crippen molar-refractivity contribution in [2.24, 2.45) is 0 Å². The molecule has 0 fully saturated rings. The van der Waals surface area contributed by atoms with Gasteiger partial charge in [0.15, 0.2) is 5.69 Å². The van der Waals surface area contributed by atoms with E-state index in [0.717, 1.165) is 0 Å². The molecule has 0 bridgehead atoms. The van der Waals surface area contributed by atoms with E-state index < -0.39 is 5.97 Å². The number of carbonyl (C=O) groups is 1. The molecule has 0 unspecified atom stereocenters. The maximum atomic E-state index is 10.8. The van der Waals surface area contributed by atoms with E-state index in [0.29, 0.717) is 10.8 Å². The van der Waals surface area contributed by atoms with E-state index in [1.54, 1.807) is 0 Å². The molecule has 2 aromatic heterocycles. The average Bonchev–Trinajstić information content (AvgIpc) is 2.47. The van der Waals surface area contributed by atoms with Crippen molar-refractivity contribution >= 4 is 29.2 Å². The molecule has 0 saturated heterocycles. The Morgan fingerprint density at radius 3 is 2.20 bits per heavy atom. The van der Waals surface area contributed by atoms with Gasteiger partial charge in [-0.2, -0.15) is 0 Å². The molecular formula is C11H10Cl2N4O3. The normalized spacial score (nSPS) is 9.40. The molecule has 0 saturated carbocycles. The minimum Gasteiger partial charge on any atom is -0.464 e. The number of methoxy groups -OCH3 is 1. The highest BCUT2D eigenvalue weighted by molar-refractivity contribution is 6.29. The lowest BCUT2D eigenvalue weighted by Gasteiger charge is -1.95. The molecule has 7 nitrogen and oxygen atoms in total.